The molecule has 0 radical (unpaired) electrons. The van der Waals surface area contributed by atoms with Crippen LogP contribution < -0.4 is 14.8 Å². The molecule has 1 N–H and O–H groups in total. The third kappa shape index (κ3) is 4.03. The summed E-state index contributed by atoms with van der Waals surface area (Å²) >= 11 is 0. The van der Waals surface area contributed by atoms with E-state index >= 15 is 0 Å². The van der Waals surface area contributed by atoms with Crippen molar-refractivity contribution in [2.45, 2.75) is 13.3 Å². The van der Waals surface area contributed by atoms with Crippen LogP contribution in [-0.4, -0.2) is 25.3 Å². The average molecular weight is 352 g/mol. The fourth-order valence-corrected chi connectivity index (χ4v) is 2.56. The van der Waals surface area contributed by atoms with Gasteiger partial charge in [-0.05, 0) is 48.9 Å². The SMILES string of the molecule is COc1ccc(-c2cc(CC(=O)Nc3cc(C)ccc3OC)no2)cc1. The number of hydrogen-bond donors (Lipinski definition) is 1. The van der Waals surface area contributed by atoms with Gasteiger partial charge in [0.1, 0.15) is 11.5 Å². The Hall–Kier alpha value is -3.28. The number of carbonyl (C=O) groups is 1. The summed E-state index contributed by atoms with van der Waals surface area (Å²) in [6, 6.07) is 14.8. The minimum atomic E-state index is -0.191. The maximum atomic E-state index is 12.3. The standard InChI is InChI=1S/C20H20N2O4/c1-13-4-9-18(25-3)17(10-13)21-20(23)12-15-11-19(26-22-15)14-5-7-16(24-2)8-6-14/h4-11H,12H2,1-3H3,(H,21,23). The number of aromatic nitrogens is 1. The number of methoxy groups -OCH3 is 2. The van der Waals surface area contributed by atoms with Gasteiger partial charge >= 0.3 is 0 Å². The number of anilines is 1. The topological polar surface area (TPSA) is 73.6 Å². The molecule has 1 amide bonds. The maximum Gasteiger partial charge on any atom is 0.230 e. The lowest BCUT2D eigenvalue weighted by molar-refractivity contribution is -0.115. The number of aryl methyl sites for hydroxylation is 1. The van der Waals surface area contributed by atoms with Crippen LogP contribution in [0.15, 0.2) is 53.1 Å². The van der Waals surface area contributed by atoms with Crippen molar-refractivity contribution in [2.75, 3.05) is 19.5 Å². The Morgan fingerprint density at radius 2 is 1.85 bits per heavy atom. The zero-order valence-electron chi connectivity index (χ0n) is 14.9. The van der Waals surface area contributed by atoms with Crippen LogP contribution in [-0.2, 0) is 11.2 Å². The number of nitrogens with one attached hydrogen (secondary N) is 1. The quantitative estimate of drug-likeness (QED) is 0.729. The zero-order valence-corrected chi connectivity index (χ0v) is 14.9. The van der Waals surface area contributed by atoms with Crippen LogP contribution in [0.5, 0.6) is 11.5 Å². The van der Waals surface area contributed by atoms with Crippen LogP contribution in [0, 0.1) is 6.92 Å². The third-order valence-corrected chi connectivity index (χ3v) is 3.90. The largest absolute Gasteiger partial charge is 0.497 e. The molecule has 0 fully saturated rings. The first-order valence-electron chi connectivity index (χ1n) is 8.13. The molecule has 6 nitrogen and oxygen atoms in total. The molecule has 6 heteroatoms. The van der Waals surface area contributed by atoms with E-state index in [-0.39, 0.29) is 12.3 Å². The van der Waals surface area contributed by atoms with E-state index in [1.54, 1.807) is 20.3 Å². The lowest BCUT2D eigenvalue weighted by atomic mass is 10.1. The Bertz CT molecular complexity index is 900. The Labute approximate surface area is 151 Å². The van der Waals surface area contributed by atoms with Crippen molar-refractivity contribution in [3.05, 3.63) is 59.8 Å². The first kappa shape index (κ1) is 17.5. The Morgan fingerprint density at radius 3 is 2.54 bits per heavy atom. The fraction of sp³-hybridized carbons (Fsp3) is 0.200. The molecule has 0 saturated heterocycles. The minimum absolute atomic E-state index is 0.108. The molecule has 1 heterocycles. The molecule has 1 aromatic heterocycles. The van der Waals surface area contributed by atoms with Gasteiger partial charge in [-0.1, -0.05) is 11.2 Å². The van der Waals surface area contributed by atoms with Gasteiger partial charge < -0.3 is 19.3 Å². The molecule has 2 aromatic carbocycles. The van der Waals surface area contributed by atoms with E-state index < -0.39 is 0 Å². The van der Waals surface area contributed by atoms with Crippen molar-refractivity contribution in [3.8, 4) is 22.8 Å². The number of hydrogen-bond acceptors (Lipinski definition) is 5. The van der Waals surface area contributed by atoms with Gasteiger partial charge in [-0.15, -0.1) is 0 Å². The van der Waals surface area contributed by atoms with Gasteiger partial charge in [-0.25, -0.2) is 0 Å². The lowest BCUT2D eigenvalue weighted by Gasteiger charge is -2.10. The molecule has 0 aliphatic rings. The maximum absolute atomic E-state index is 12.3. The van der Waals surface area contributed by atoms with Gasteiger partial charge in [0.2, 0.25) is 5.91 Å². The summed E-state index contributed by atoms with van der Waals surface area (Å²) < 4.78 is 15.8. The molecule has 0 aliphatic carbocycles. The van der Waals surface area contributed by atoms with Crippen LogP contribution in [0.1, 0.15) is 11.3 Å². The highest BCUT2D eigenvalue weighted by Crippen LogP contribution is 2.26. The molecular weight excluding hydrogens is 332 g/mol. The van der Waals surface area contributed by atoms with Crippen LogP contribution in [0.3, 0.4) is 0 Å². The van der Waals surface area contributed by atoms with Crippen LogP contribution >= 0.6 is 0 Å². The zero-order chi connectivity index (χ0) is 18.5. The van der Waals surface area contributed by atoms with Crippen LogP contribution in [0.2, 0.25) is 0 Å². The second kappa shape index (κ2) is 7.74. The van der Waals surface area contributed by atoms with Crippen molar-refractivity contribution < 1.29 is 18.8 Å². The number of nitrogens with zero attached hydrogens (tertiary/aromatic N) is 1. The summed E-state index contributed by atoms with van der Waals surface area (Å²) in [6.45, 7) is 1.95. The molecule has 0 saturated carbocycles. The van der Waals surface area contributed by atoms with Gasteiger partial charge in [0.25, 0.3) is 0 Å². The Kier molecular flexibility index (Phi) is 5.22. The van der Waals surface area contributed by atoms with Gasteiger partial charge in [-0.3, -0.25) is 4.79 Å². The van der Waals surface area contributed by atoms with Gasteiger partial charge in [0.05, 0.1) is 32.0 Å². The second-order valence-electron chi connectivity index (χ2n) is 5.84. The second-order valence-corrected chi connectivity index (χ2v) is 5.84. The van der Waals surface area contributed by atoms with E-state index in [0.717, 1.165) is 16.9 Å². The van der Waals surface area contributed by atoms with E-state index in [2.05, 4.69) is 10.5 Å². The van der Waals surface area contributed by atoms with Gasteiger partial charge in [-0.2, -0.15) is 0 Å². The summed E-state index contributed by atoms with van der Waals surface area (Å²) in [7, 11) is 3.18. The van der Waals surface area contributed by atoms with Gasteiger partial charge in [0.15, 0.2) is 5.76 Å². The summed E-state index contributed by atoms with van der Waals surface area (Å²) in [4.78, 5) is 12.3. The van der Waals surface area contributed by atoms with Crippen LogP contribution in [0.4, 0.5) is 5.69 Å². The molecule has 3 rings (SSSR count). The third-order valence-electron chi connectivity index (χ3n) is 3.90. The molecule has 0 bridgehead atoms. The Morgan fingerprint density at radius 1 is 1.08 bits per heavy atom. The van der Waals surface area contributed by atoms with Crippen LogP contribution in [0.25, 0.3) is 11.3 Å². The molecule has 0 atom stereocenters. The number of carbonyl (C=O) groups excluding carboxylic acids is 1. The highest BCUT2D eigenvalue weighted by Gasteiger charge is 2.13. The summed E-state index contributed by atoms with van der Waals surface area (Å²) in [6.07, 6.45) is 0.108. The molecule has 0 aliphatic heterocycles. The highest BCUT2D eigenvalue weighted by molar-refractivity contribution is 5.93. The molecule has 0 spiro atoms. The normalized spacial score (nSPS) is 10.4. The van der Waals surface area contributed by atoms with E-state index in [9.17, 15) is 4.79 Å². The number of ether oxygens (including phenoxy) is 2. The van der Waals surface area contributed by atoms with E-state index in [1.165, 1.54) is 0 Å². The molecular formula is C20H20N2O4. The smallest absolute Gasteiger partial charge is 0.230 e. The monoisotopic (exact) mass is 352 g/mol. The Balaban J connectivity index is 1.69. The van der Waals surface area contributed by atoms with E-state index in [0.29, 0.717) is 22.9 Å². The van der Waals surface area contributed by atoms with Gasteiger partial charge in [0, 0.05) is 11.6 Å². The molecule has 134 valence electrons. The molecule has 3 aromatic rings. The van der Waals surface area contributed by atoms with Crippen molar-refractivity contribution in [1.82, 2.24) is 5.16 Å². The lowest BCUT2D eigenvalue weighted by Crippen LogP contribution is -2.15. The first-order chi connectivity index (χ1) is 12.6. The van der Waals surface area contributed by atoms with Crippen molar-refractivity contribution >= 4 is 11.6 Å². The molecule has 0 unspecified atom stereocenters. The number of amides is 1. The predicted octanol–water partition coefficient (Wildman–Crippen LogP) is 3.85. The minimum Gasteiger partial charge on any atom is -0.497 e. The summed E-state index contributed by atoms with van der Waals surface area (Å²) in [5, 5.41) is 6.83. The van der Waals surface area contributed by atoms with Crippen molar-refractivity contribution in [3.63, 3.8) is 0 Å². The fourth-order valence-electron chi connectivity index (χ4n) is 2.56. The number of rotatable bonds is 6. The number of benzene rings is 2. The predicted molar refractivity (Wildman–Crippen MR) is 98.6 cm³/mol. The van der Waals surface area contributed by atoms with E-state index in [4.69, 9.17) is 14.0 Å². The first-order valence-corrected chi connectivity index (χ1v) is 8.13. The van der Waals surface area contributed by atoms with Crippen molar-refractivity contribution in [1.29, 1.82) is 0 Å². The average Bonchev–Trinajstić information content (AvgIpc) is 3.10. The summed E-state index contributed by atoms with van der Waals surface area (Å²) in [5.74, 6) is 1.79. The molecule has 26 heavy (non-hydrogen) atoms. The van der Waals surface area contributed by atoms with E-state index in [1.807, 2.05) is 49.4 Å². The highest BCUT2D eigenvalue weighted by atomic mass is 16.5. The summed E-state index contributed by atoms with van der Waals surface area (Å²) in [5.41, 5.74) is 3.09. The van der Waals surface area contributed by atoms with Crippen molar-refractivity contribution in [2.24, 2.45) is 0 Å².